The number of nitrogens with two attached hydrogens (primary N) is 1. The van der Waals surface area contributed by atoms with Crippen LogP contribution in [0.5, 0.6) is 0 Å². The summed E-state index contributed by atoms with van der Waals surface area (Å²) in [4.78, 5) is 3.98. The van der Waals surface area contributed by atoms with E-state index < -0.39 is 0 Å². The van der Waals surface area contributed by atoms with Gasteiger partial charge in [-0.3, -0.25) is 0 Å². The maximum absolute atomic E-state index is 10.9. The molecule has 12 heavy (non-hydrogen) atoms. The fourth-order valence-electron chi connectivity index (χ4n) is 1.06. The van der Waals surface area contributed by atoms with E-state index in [0.29, 0.717) is 23.6 Å². The first kappa shape index (κ1) is 8.73. The number of hydrogen-bond acceptors (Lipinski definition) is 3. The van der Waals surface area contributed by atoms with Gasteiger partial charge in [0, 0.05) is 13.5 Å². The van der Waals surface area contributed by atoms with Gasteiger partial charge in [0.1, 0.15) is 12.7 Å². The van der Waals surface area contributed by atoms with Gasteiger partial charge >= 0.3 is 5.82 Å². The normalized spacial score (nSPS) is 10.2. The lowest BCUT2D eigenvalue weighted by molar-refractivity contribution is -0.357. The summed E-state index contributed by atoms with van der Waals surface area (Å²) in [6, 6.07) is 0. The number of aryl methyl sites for hydroxylation is 1. The Labute approximate surface area is 70.7 Å². The molecule has 0 fully saturated rings. The number of hydrogen-bond donors (Lipinski definition) is 1. The molecule has 5 nitrogen and oxygen atoms in total. The SMILES string of the molecule is C=[N+]([O-])c1cnc(C)n1CCN. The molecule has 0 aromatic carbocycles. The van der Waals surface area contributed by atoms with Crippen LogP contribution in [-0.4, -0.2) is 27.6 Å². The minimum atomic E-state index is 0.443. The first-order chi connectivity index (χ1) is 5.66. The summed E-state index contributed by atoms with van der Waals surface area (Å²) < 4.78 is 2.27. The van der Waals surface area contributed by atoms with E-state index in [-0.39, 0.29) is 0 Å². The Kier molecular flexibility index (Phi) is 2.44. The van der Waals surface area contributed by atoms with Crippen molar-refractivity contribution < 1.29 is 4.74 Å². The molecule has 0 unspecified atom stereocenters. The molecule has 1 aromatic heterocycles. The molecule has 0 aliphatic carbocycles. The molecule has 0 bridgehead atoms. The average Bonchev–Trinajstić information content (AvgIpc) is 2.34. The summed E-state index contributed by atoms with van der Waals surface area (Å²) >= 11 is 0. The predicted octanol–water partition coefficient (Wildman–Crippen LogP) is -0.00738. The van der Waals surface area contributed by atoms with Crippen molar-refractivity contribution in [2.45, 2.75) is 13.5 Å². The summed E-state index contributed by atoms with van der Waals surface area (Å²) in [5, 5.41) is 10.9. The summed E-state index contributed by atoms with van der Waals surface area (Å²) in [6.07, 6.45) is 1.49. The lowest BCUT2D eigenvalue weighted by Gasteiger charge is -2.05. The topological polar surface area (TPSA) is 69.9 Å². The molecular weight excluding hydrogens is 156 g/mol. The van der Waals surface area contributed by atoms with E-state index in [1.807, 2.05) is 6.92 Å². The van der Waals surface area contributed by atoms with Crippen molar-refractivity contribution in [1.82, 2.24) is 9.55 Å². The zero-order chi connectivity index (χ0) is 9.14. The van der Waals surface area contributed by atoms with Gasteiger partial charge in [-0.15, -0.1) is 0 Å². The molecule has 66 valence electrons. The van der Waals surface area contributed by atoms with Crippen LogP contribution in [0.1, 0.15) is 5.82 Å². The van der Waals surface area contributed by atoms with E-state index in [9.17, 15) is 5.21 Å². The van der Waals surface area contributed by atoms with Crippen molar-refractivity contribution in [1.29, 1.82) is 0 Å². The first-order valence-corrected chi connectivity index (χ1v) is 3.66. The van der Waals surface area contributed by atoms with Gasteiger partial charge < -0.3 is 10.9 Å². The number of aromatic nitrogens is 2. The van der Waals surface area contributed by atoms with Crippen LogP contribution >= 0.6 is 0 Å². The minimum Gasteiger partial charge on any atom is -0.711 e. The molecule has 0 aliphatic heterocycles. The van der Waals surface area contributed by atoms with Crippen LogP contribution in [0, 0.1) is 12.1 Å². The number of nitrogens with zero attached hydrogens (tertiary/aromatic N) is 3. The molecule has 5 heteroatoms. The van der Waals surface area contributed by atoms with Crippen molar-refractivity contribution in [3.05, 3.63) is 17.2 Å². The van der Waals surface area contributed by atoms with Crippen molar-refractivity contribution >= 4 is 12.5 Å². The molecule has 0 saturated carbocycles. The highest BCUT2D eigenvalue weighted by molar-refractivity contribution is 5.26. The van der Waals surface area contributed by atoms with E-state index in [1.54, 1.807) is 4.57 Å². The van der Waals surface area contributed by atoms with Crippen LogP contribution in [-0.2, 0) is 6.54 Å². The Morgan fingerprint density at radius 2 is 2.50 bits per heavy atom. The largest absolute Gasteiger partial charge is 0.711 e. The van der Waals surface area contributed by atoms with Gasteiger partial charge in [-0.05, 0) is 0 Å². The van der Waals surface area contributed by atoms with E-state index >= 15 is 0 Å². The highest BCUT2D eigenvalue weighted by Gasteiger charge is 2.12. The van der Waals surface area contributed by atoms with Crippen LogP contribution in [0.4, 0.5) is 5.82 Å². The maximum Gasteiger partial charge on any atom is 0.304 e. The van der Waals surface area contributed by atoms with Gasteiger partial charge in [0.15, 0.2) is 5.82 Å². The Hall–Kier alpha value is -1.36. The second-order valence-electron chi connectivity index (χ2n) is 2.48. The maximum atomic E-state index is 10.9. The second kappa shape index (κ2) is 3.36. The molecule has 0 radical (unpaired) electrons. The third-order valence-electron chi connectivity index (χ3n) is 1.64. The summed E-state index contributed by atoms with van der Waals surface area (Å²) in [5.41, 5.74) is 5.37. The Balaban J connectivity index is 3.03. The van der Waals surface area contributed by atoms with E-state index in [1.165, 1.54) is 6.20 Å². The monoisotopic (exact) mass is 168 g/mol. The van der Waals surface area contributed by atoms with Gasteiger partial charge in [0.25, 0.3) is 0 Å². The molecule has 0 atom stereocenters. The van der Waals surface area contributed by atoms with Crippen molar-refractivity contribution in [3.63, 3.8) is 0 Å². The lowest BCUT2D eigenvalue weighted by atomic mass is 10.5. The quantitative estimate of drug-likeness (QED) is 0.299. The summed E-state index contributed by atoms with van der Waals surface area (Å²) in [6.45, 7) is 6.14. The highest BCUT2D eigenvalue weighted by atomic mass is 16.5. The minimum absolute atomic E-state index is 0.443. The zero-order valence-electron chi connectivity index (χ0n) is 7.03. The van der Waals surface area contributed by atoms with Gasteiger partial charge in [-0.2, -0.15) is 0 Å². The van der Waals surface area contributed by atoms with E-state index in [4.69, 9.17) is 5.73 Å². The highest BCUT2D eigenvalue weighted by Crippen LogP contribution is 2.11. The summed E-state index contributed by atoms with van der Waals surface area (Å²) in [5.74, 6) is 1.22. The fourth-order valence-corrected chi connectivity index (χ4v) is 1.06. The van der Waals surface area contributed by atoms with Crippen LogP contribution in [0.3, 0.4) is 0 Å². The van der Waals surface area contributed by atoms with Gasteiger partial charge in [0.05, 0.1) is 6.72 Å². The molecule has 1 heterocycles. The van der Waals surface area contributed by atoms with Crippen LogP contribution < -0.4 is 5.73 Å². The fraction of sp³-hybridized carbons (Fsp3) is 0.429. The van der Waals surface area contributed by atoms with Gasteiger partial charge in [0.2, 0.25) is 0 Å². The molecular formula is C7H12N4O. The van der Waals surface area contributed by atoms with Crippen LogP contribution in [0.25, 0.3) is 0 Å². The second-order valence-corrected chi connectivity index (χ2v) is 2.48. The molecule has 0 amide bonds. The number of imidazole rings is 1. The molecule has 1 aromatic rings. The van der Waals surface area contributed by atoms with Crippen molar-refractivity contribution in [2.75, 3.05) is 6.54 Å². The Morgan fingerprint density at radius 3 is 3.00 bits per heavy atom. The first-order valence-electron chi connectivity index (χ1n) is 3.66. The van der Waals surface area contributed by atoms with E-state index in [2.05, 4.69) is 11.7 Å². The predicted molar refractivity (Wildman–Crippen MR) is 46.4 cm³/mol. The zero-order valence-corrected chi connectivity index (χ0v) is 7.03. The summed E-state index contributed by atoms with van der Waals surface area (Å²) in [7, 11) is 0. The smallest absolute Gasteiger partial charge is 0.304 e. The third-order valence-corrected chi connectivity index (χ3v) is 1.64. The molecule has 1 rings (SSSR count). The lowest BCUT2D eigenvalue weighted by Crippen LogP contribution is -2.13. The molecule has 0 aliphatic rings. The molecule has 0 saturated heterocycles. The van der Waals surface area contributed by atoms with Crippen LogP contribution in [0.15, 0.2) is 6.20 Å². The van der Waals surface area contributed by atoms with Crippen molar-refractivity contribution in [3.8, 4) is 0 Å². The van der Waals surface area contributed by atoms with Crippen molar-refractivity contribution in [2.24, 2.45) is 5.73 Å². The van der Waals surface area contributed by atoms with Crippen LogP contribution in [0.2, 0.25) is 0 Å². The molecule has 2 N–H and O–H groups in total. The Morgan fingerprint density at radius 1 is 1.83 bits per heavy atom. The standard InChI is InChI=1S/C7H12N4O/c1-6-9-5-7(10(2)12)11(6)4-3-8/h5H,2-4,8H2,1H3. The average molecular weight is 168 g/mol. The van der Waals surface area contributed by atoms with E-state index in [0.717, 1.165) is 5.82 Å². The van der Waals surface area contributed by atoms with Gasteiger partial charge in [-0.25, -0.2) is 14.3 Å². The third kappa shape index (κ3) is 1.45. The Bertz CT molecular complexity index is 292. The molecule has 0 spiro atoms. The number of rotatable bonds is 3. The van der Waals surface area contributed by atoms with Gasteiger partial charge in [-0.1, -0.05) is 0 Å².